The summed E-state index contributed by atoms with van der Waals surface area (Å²) in [6.07, 6.45) is 19.2. The zero-order chi connectivity index (χ0) is 20.3. The van der Waals surface area contributed by atoms with Crippen LogP contribution >= 0.6 is 15.9 Å². The predicted octanol–water partition coefficient (Wildman–Crippen LogP) is 7.46. The summed E-state index contributed by atoms with van der Waals surface area (Å²) in [6.45, 7) is 3.57. The highest BCUT2D eigenvalue weighted by Gasteiger charge is 2.04. The first-order chi connectivity index (χ1) is 13.7. The van der Waals surface area contributed by atoms with Crippen molar-refractivity contribution in [3.8, 4) is 0 Å². The van der Waals surface area contributed by atoms with Gasteiger partial charge in [0, 0.05) is 4.47 Å². The molecule has 1 aromatic carbocycles. The highest BCUT2D eigenvalue weighted by Crippen LogP contribution is 2.20. The lowest BCUT2D eigenvalue weighted by Crippen LogP contribution is -2.28. The number of hydrogen-bond donors (Lipinski definition) is 2. The lowest BCUT2D eigenvalue weighted by molar-refractivity contribution is -0.115. The van der Waals surface area contributed by atoms with E-state index >= 15 is 0 Å². The number of amides is 1. The maximum atomic E-state index is 11.9. The number of anilines is 1. The van der Waals surface area contributed by atoms with Gasteiger partial charge in [0.1, 0.15) is 0 Å². The summed E-state index contributed by atoms with van der Waals surface area (Å²) in [5.74, 6) is 0.0114. The maximum Gasteiger partial charge on any atom is 0.238 e. The van der Waals surface area contributed by atoms with Crippen molar-refractivity contribution in [2.75, 3.05) is 18.4 Å². The summed E-state index contributed by atoms with van der Waals surface area (Å²) in [5, 5.41) is 6.16. The van der Waals surface area contributed by atoms with Crippen molar-refractivity contribution in [1.82, 2.24) is 5.32 Å². The average Bonchev–Trinajstić information content (AvgIpc) is 2.69. The van der Waals surface area contributed by atoms with Crippen molar-refractivity contribution >= 4 is 27.5 Å². The third kappa shape index (κ3) is 14.2. The van der Waals surface area contributed by atoms with E-state index in [0.29, 0.717) is 6.54 Å². The van der Waals surface area contributed by atoms with Crippen molar-refractivity contribution in [2.24, 2.45) is 0 Å². The van der Waals surface area contributed by atoms with Crippen LogP contribution in [0.1, 0.15) is 96.8 Å². The number of carbonyl (C=O) groups excluding carboxylic acids is 1. The van der Waals surface area contributed by atoms with Crippen molar-refractivity contribution < 1.29 is 4.79 Å². The molecule has 28 heavy (non-hydrogen) atoms. The van der Waals surface area contributed by atoms with Crippen LogP contribution in [-0.2, 0) is 4.79 Å². The highest BCUT2D eigenvalue weighted by molar-refractivity contribution is 9.10. The van der Waals surface area contributed by atoms with Crippen molar-refractivity contribution in [2.45, 2.75) is 96.8 Å². The standard InChI is InChI=1S/C24H41BrN2O/c1-2-3-4-5-6-7-8-9-10-11-12-13-14-17-20-26-21-24(28)27-23-19-16-15-18-22(23)25/h15-16,18-19,26H,2-14,17,20-21H2,1H3,(H,27,28). The molecule has 0 heterocycles. The zero-order valence-corrected chi connectivity index (χ0v) is 19.5. The highest BCUT2D eigenvalue weighted by atomic mass is 79.9. The molecule has 160 valence electrons. The first-order valence-electron chi connectivity index (χ1n) is 11.5. The van der Waals surface area contributed by atoms with E-state index in [1.54, 1.807) is 0 Å². The third-order valence-corrected chi connectivity index (χ3v) is 5.83. The monoisotopic (exact) mass is 452 g/mol. The summed E-state index contributed by atoms with van der Waals surface area (Å²) in [4.78, 5) is 11.9. The summed E-state index contributed by atoms with van der Waals surface area (Å²) < 4.78 is 0.912. The molecule has 0 aliphatic rings. The first kappa shape index (κ1) is 25.2. The number of benzene rings is 1. The second kappa shape index (κ2) is 18.2. The molecule has 2 N–H and O–H groups in total. The fourth-order valence-electron chi connectivity index (χ4n) is 3.40. The van der Waals surface area contributed by atoms with E-state index in [1.807, 2.05) is 24.3 Å². The Morgan fingerprint density at radius 3 is 1.82 bits per heavy atom. The van der Waals surface area contributed by atoms with Gasteiger partial charge in [0.25, 0.3) is 0 Å². The van der Waals surface area contributed by atoms with Crippen LogP contribution in [-0.4, -0.2) is 19.0 Å². The molecular formula is C24H41BrN2O. The van der Waals surface area contributed by atoms with Gasteiger partial charge in [-0.2, -0.15) is 0 Å². The largest absolute Gasteiger partial charge is 0.324 e. The predicted molar refractivity (Wildman–Crippen MR) is 126 cm³/mol. The molecule has 1 aromatic rings. The molecule has 0 saturated carbocycles. The molecule has 3 nitrogen and oxygen atoms in total. The van der Waals surface area contributed by atoms with Gasteiger partial charge >= 0.3 is 0 Å². The Bertz CT molecular complexity index is 507. The molecule has 0 aliphatic carbocycles. The van der Waals surface area contributed by atoms with Gasteiger partial charge in [-0.1, -0.05) is 103 Å². The molecular weight excluding hydrogens is 412 g/mol. The van der Waals surface area contributed by atoms with Gasteiger partial charge in [-0.15, -0.1) is 0 Å². The number of nitrogens with one attached hydrogen (secondary N) is 2. The van der Waals surface area contributed by atoms with Crippen LogP contribution in [0.2, 0.25) is 0 Å². The molecule has 0 aromatic heterocycles. The lowest BCUT2D eigenvalue weighted by atomic mass is 10.0. The van der Waals surface area contributed by atoms with Crippen LogP contribution in [0.15, 0.2) is 28.7 Å². The van der Waals surface area contributed by atoms with E-state index in [2.05, 4.69) is 33.5 Å². The van der Waals surface area contributed by atoms with Gasteiger partial charge in [0.05, 0.1) is 12.2 Å². The van der Waals surface area contributed by atoms with Crippen molar-refractivity contribution in [1.29, 1.82) is 0 Å². The number of halogens is 1. The number of para-hydroxylation sites is 1. The topological polar surface area (TPSA) is 41.1 Å². The molecule has 0 atom stereocenters. The van der Waals surface area contributed by atoms with E-state index in [-0.39, 0.29) is 5.91 Å². The van der Waals surface area contributed by atoms with E-state index in [9.17, 15) is 4.79 Å². The Morgan fingerprint density at radius 1 is 0.786 bits per heavy atom. The van der Waals surface area contributed by atoms with Gasteiger partial charge in [-0.05, 0) is 41.0 Å². The van der Waals surface area contributed by atoms with Gasteiger partial charge in [-0.3, -0.25) is 4.79 Å². The van der Waals surface area contributed by atoms with E-state index in [4.69, 9.17) is 0 Å². The molecule has 1 rings (SSSR count). The summed E-state index contributed by atoms with van der Waals surface area (Å²) in [6, 6.07) is 7.68. The van der Waals surface area contributed by atoms with Crippen LogP contribution in [0.3, 0.4) is 0 Å². The fraction of sp³-hybridized carbons (Fsp3) is 0.708. The van der Waals surface area contributed by atoms with Crippen LogP contribution in [0, 0.1) is 0 Å². The Balaban J connectivity index is 1.81. The molecule has 0 saturated heterocycles. The Kier molecular flexibility index (Phi) is 16.3. The minimum Gasteiger partial charge on any atom is -0.324 e. The second-order valence-electron chi connectivity index (χ2n) is 7.80. The van der Waals surface area contributed by atoms with Gasteiger partial charge in [-0.25, -0.2) is 0 Å². The van der Waals surface area contributed by atoms with Crippen LogP contribution in [0.25, 0.3) is 0 Å². The minimum atomic E-state index is 0.0114. The minimum absolute atomic E-state index is 0.0114. The SMILES string of the molecule is CCCCCCCCCCCCCCCCNCC(=O)Nc1ccccc1Br. The smallest absolute Gasteiger partial charge is 0.238 e. The summed E-state index contributed by atoms with van der Waals surface area (Å²) >= 11 is 3.44. The van der Waals surface area contributed by atoms with Crippen LogP contribution in [0.5, 0.6) is 0 Å². The molecule has 1 amide bonds. The number of carbonyl (C=O) groups is 1. The maximum absolute atomic E-state index is 11.9. The summed E-state index contributed by atoms with van der Waals surface area (Å²) in [7, 11) is 0. The molecule has 0 bridgehead atoms. The fourth-order valence-corrected chi connectivity index (χ4v) is 3.79. The Labute approximate surface area is 181 Å². The summed E-state index contributed by atoms with van der Waals surface area (Å²) in [5.41, 5.74) is 0.825. The molecule has 4 heteroatoms. The number of rotatable bonds is 18. The molecule has 0 radical (unpaired) electrons. The van der Waals surface area contributed by atoms with Gasteiger partial charge < -0.3 is 10.6 Å². The van der Waals surface area contributed by atoms with E-state index < -0.39 is 0 Å². The normalized spacial score (nSPS) is 10.9. The van der Waals surface area contributed by atoms with E-state index in [0.717, 1.165) is 23.1 Å². The zero-order valence-electron chi connectivity index (χ0n) is 17.9. The molecule has 0 unspecified atom stereocenters. The quantitative estimate of drug-likeness (QED) is 0.227. The van der Waals surface area contributed by atoms with Crippen LogP contribution < -0.4 is 10.6 Å². The van der Waals surface area contributed by atoms with Gasteiger partial charge in [0.15, 0.2) is 0 Å². The number of hydrogen-bond acceptors (Lipinski definition) is 2. The van der Waals surface area contributed by atoms with Crippen molar-refractivity contribution in [3.05, 3.63) is 28.7 Å². The molecule has 0 aliphatic heterocycles. The first-order valence-corrected chi connectivity index (χ1v) is 12.3. The number of unbranched alkanes of at least 4 members (excludes halogenated alkanes) is 13. The third-order valence-electron chi connectivity index (χ3n) is 5.14. The molecule has 0 fully saturated rings. The van der Waals surface area contributed by atoms with E-state index in [1.165, 1.54) is 83.5 Å². The second-order valence-corrected chi connectivity index (χ2v) is 8.66. The Hall–Kier alpha value is -0.870. The average molecular weight is 454 g/mol. The lowest BCUT2D eigenvalue weighted by Gasteiger charge is -2.08. The molecule has 0 spiro atoms. The van der Waals surface area contributed by atoms with Gasteiger partial charge in [0.2, 0.25) is 5.91 Å². The van der Waals surface area contributed by atoms with Crippen molar-refractivity contribution in [3.63, 3.8) is 0 Å². The Morgan fingerprint density at radius 2 is 1.29 bits per heavy atom. The van der Waals surface area contributed by atoms with Crippen LogP contribution in [0.4, 0.5) is 5.69 Å².